The summed E-state index contributed by atoms with van der Waals surface area (Å²) in [7, 11) is 0. The van der Waals surface area contributed by atoms with Gasteiger partial charge >= 0.3 is 6.09 Å². The first-order chi connectivity index (χ1) is 18.6. The van der Waals surface area contributed by atoms with Crippen LogP contribution < -0.4 is 10.2 Å². The SMILES string of the molecule is CC(C)(C)OC(=O)N1CCN(C(=O)c2ccc(NC(=O)C3CC3)cc2N2CCCC2)C(c2cccc(Cl)c2)C1. The fraction of sp³-hybridized carbons (Fsp3) is 0.500. The zero-order chi connectivity index (χ0) is 27.7. The van der Waals surface area contributed by atoms with Gasteiger partial charge in [0.1, 0.15) is 5.60 Å². The zero-order valence-electron chi connectivity index (χ0n) is 22.9. The molecule has 0 radical (unpaired) electrons. The summed E-state index contributed by atoms with van der Waals surface area (Å²) < 4.78 is 5.63. The first-order valence-corrected chi connectivity index (χ1v) is 14.2. The molecule has 3 amide bonds. The summed E-state index contributed by atoms with van der Waals surface area (Å²) in [5.74, 6) is 0.0350. The number of piperazine rings is 1. The predicted molar refractivity (Wildman–Crippen MR) is 152 cm³/mol. The lowest BCUT2D eigenvalue weighted by Gasteiger charge is -2.42. The van der Waals surface area contributed by atoms with E-state index in [1.165, 1.54) is 0 Å². The van der Waals surface area contributed by atoms with Gasteiger partial charge in [-0.3, -0.25) is 9.59 Å². The highest BCUT2D eigenvalue weighted by atomic mass is 35.5. The summed E-state index contributed by atoms with van der Waals surface area (Å²) in [6, 6.07) is 12.6. The second-order valence-corrected chi connectivity index (χ2v) is 12.1. The maximum Gasteiger partial charge on any atom is 0.410 e. The Morgan fingerprint density at radius 1 is 0.974 bits per heavy atom. The molecule has 1 saturated carbocycles. The van der Waals surface area contributed by atoms with Crippen LogP contribution in [0.2, 0.25) is 5.02 Å². The van der Waals surface area contributed by atoms with E-state index in [2.05, 4.69) is 10.2 Å². The van der Waals surface area contributed by atoms with Crippen LogP contribution in [0.3, 0.4) is 0 Å². The van der Waals surface area contributed by atoms with Crippen molar-refractivity contribution >= 4 is 40.9 Å². The number of carbonyl (C=O) groups excluding carboxylic acids is 3. The number of ether oxygens (including phenoxy) is 1. The number of amides is 3. The average Bonchev–Trinajstić information content (AvgIpc) is 3.61. The van der Waals surface area contributed by atoms with Gasteiger partial charge in [0.05, 0.1) is 17.3 Å². The first kappa shape index (κ1) is 27.3. The molecule has 0 aromatic heterocycles. The third-order valence-corrected chi connectivity index (χ3v) is 7.65. The van der Waals surface area contributed by atoms with Gasteiger partial charge in [0.2, 0.25) is 5.91 Å². The molecule has 1 N–H and O–H groups in total. The Kier molecular flexibility index (Phi) is 7.76. The number of anilines is 2. The largest absolute Gasteiger partial charge is 0.444 e. The Balaban J connectivity index is 1.45. The van der Waals surface area contributed by atoms with Crippen molar-refractivity contribution in [2.24, 2.45) is 5.92 Å². The van der Waals surface area contributed by atoms with Gasteiger partial charge in [-0.15, -0.1) is 0 Å². The second kappa shape index (κ2) is 11.1. The molecule has 2 aromatic rings. The van der Waals surface area contributed by atoms with Gasteiger partial charge in [0.15, 0.2) is 0 Å². The van der Waals surface area contributed by atoms with Crippen LogP contribution in [0.15, 0.2) is 42.5 Å². The van der Waals surface area contributed by atoms with Crippen LogP contribution in [0.1, 0.15) is 68.4 Å². The molecule has 2 heterocycles. The lowest BCUT2D eigenvalue weighted by molar-refractivity contribution is -0.117. The molecule has 2 saturated heterocycles. The van der Waals surface area contributed by atoms with Gasteiger partial charge < -0.3 is 24.8 Å². The quantitative estimate of drug-likeness (QED) is 0.513. The van der Waals surface area contributed by atoms with E-state index < -0.39 is 17.7 Å². The minimum atomic E-state index is -0.614. The van der Waals surface area contributed by atoms with Crippen molar-refractivity contribution < 1.29 is 19.1 Å². The van der Waals surface area contributed by atoms with Crippen molar-refractivity contribution in [3.63, 3.8) is 0 Å². The number of carbonyl (C=O) groups is 3. The van der Waals surface area contributed by atoms with E-state index >= 15 is 0 Å². The highest BCUT2D eigenvalue weighted by molar-refractivity contribution is 6.30. The van der Waals surface area contributed by atoms with E-state index in [9.17, 15) is 14.4 Å². The highest BCUT2D eigenvalue weighted by Crippen LogP contribution is 2.35. The highest BCUT2D eigenvalue weighted by Gasteiger charge is 2.37. The van der Waals surface area contributed by atoms with E-state index in [0.29, 0.717) is 35.9 Å². The Labute approximate surface area is 235 Å². The van der Waals surface area contributed by atoms with Crippen molar-refractivity contribution in [1.29, 1.82) is 0 Å². The van der Waals surface area contributed by atoms with E-state index in [-0.39, 0.29) is 17.7 Å². The topological polar surface area (TPSA) is 82.2 Å². The van der Waals surface area contributed by atoms with Gasteiger partial charge in [0, 0.05) is 49.4 Å². The molecule has 5 rings (SSSR count). The fourth-order valence-electron chi connectivity index (χ4n) is 5.27. The maximum atomic E-state index is 14.2. The molecule has 8 nitrogen and oxygen atoms in total. The Hall–Kier alpha value is -3.26. The number of nitrogens with zero attached hydrogens (tertiary/aromatic N) is 3. The van der Waals surface area contributed by atoms with Crippen molar-refractivity contribution in [2.45, 2.75) is 58.1 Å². The molecule has 2 aromatic carbocycles. The molecule has 0 spiro atoms. The first-order valence-electron chi connectivity index (χ1n) is 13.8. The van der Waals surface area contributed by atoms with Crippen molar-refractivity contribution in [2.75, 3.05) is 42.9 Å². The summed E-state index contributed by atoms with van der Waals surface area (Å²) in [6.07, 6.45) is 3.59. The van der Waals surface area contributed by atoms with Gasteiger partial charge in [-0.2, -0.15) is 0 Å². The predicted octanol–water partition coefficient (Wildman–Crippen LogP) is 5.72. The van der Waals surface area contributed by atoms with E-state index in [1.54, 1.807) is 11.0 Å². The number of nitrogens with one attached hydrogen (secondary N) is 1. The molecule has 0 bridgehead atoms. The monoisotopic (exact) mass is 552 g/mol. The summed E-state index contributed by atoms with van der Waals surface area (Å²) in [5.41, 5.74) is 2.40. The number of hydrogen-bond donors (Lipinski definition) is 1. The number of benzene rings is 2. The summed E-state index contributed by atoms with van der Waals surface area (Å²) in [6.45, 7) is 8.28. The van der Waals surface area contributed by atoms with Crippen LogP contribution in [0.25, 0.3) is 0 Å². The molecule has 2 aliphatic heterocycles. The molecule has 3 fully saturated rings. The Morgan fingerprint density at radius 2 is 1.72 bits per heavy atom. The van der Waals surface area contributed by atoms with Crippen LogP contribution >= 0.6 is 11.6 Å². The standard InChI is InChI=1S/C30H37ClN4O4/c1-30(2,3)39-29(38)34-15-16-35(26(19-34)21-7-6-8-22(31)17-21)28(37)24-12-11-23(32-27(36)20-9-10-20)18-25(24)33-13-4-5-14-33/h6-8,11-12,17-18,20,26H,4-5,9-10,13-16,19H2,1-3H3,(H,32,36). The zero-order valence-corrected chi connectivity index (χ0v) is 23.7. The van der Waals surface area contributed by atoms with Crippen LogP contribution in [-0.4, -0.2) is 66.0 Å². The van der Waals surface area contributed by atoms with Crippen LogP contribution in [-0.2, 0) is 9.53 Å². The molecule has 1 atom stereocenters. The lowest BCUT2D eigenvalue weighted by atomic mass is 10.00. The number of rotatable bonds is 5. The molecule has 3 aliphatic rings. The number of halogens is 1. The summed E-state index contributed by atoms with van der Waals surface area (Å²) in [4.78, 5) is 45.3. The molecule has 1 unspecified atom stereocenters. The van der Waals surface area contributed by atoms with Gasteiger partial charge in [-0.1, -0.05) is 23.7 Å². The van der Waals surface area contributed by atoms with Crippen molar-refractivity contribution in [3.8, 4) is 0 Å². The van der Waals surface area contributed by atoms with Crippen molar-refractivity contribution in [3.05, 3.63) is 58.6 Å². The molecule has 1 aliphatic carbocycles. The van der Waals surface area contributed by atoms with Crippen LogP contribution in [0, 0.1) is 5.92 Å². The van der Waals surface area contributed by atoms with E-state index in [4.69, 9.17) is 16.3 Å². The van der Waals surface area contributed by atoms with Crippen molar-refractivity contribution in [1.82, 2.24) is 9.80 Å². The van der Waals surface area contributed by atoms with Gasteiger partial charge in [-0.25, -0.2) is 4.79 Å². The minimum absolute atomic E-state index is 0.0423. The normalized spacial score (nSPS) is 19.7. The maximum absolute atomic E-state index is 14.2. The summed E-state index contributed by atoms with van der Waals surface area (Å²) >= 11 is 6.34. The minimum Gasteiger partial charge on any atom is -0.444 e. The fourth-order valence-corrected chi connectivity index (χ4v) is 5.47. The Bertz CT molecular complexity index is 1250. The third-order valence-electron chi connectivity index (χ3n) is 7.42. The Morgan fingerprint density at radius 3 is 2.38 bits per heavy atom. The molecule has 9 heteroatoms. The van der Waals surface area contributed by atoms with Gasteiger partial charge in [-0.05, 0) is 82.3 Å². The van der Waals surface area contributed by atoms with Crippen LogP contribution in [0.4, 0.5) is 16.2 Å². The van der Waals surface area contributed by atoms with E-state index in [1.807, 2.05) is 62.1 Å². The third kappa shape index (κ3) is 6.49. The van der Waals surface area contributed by atoms with E-state index in [0.717, 1.165) is 50.0 Å². The van der Waals surface area contributed by atoms with Crippen LogP contribution in [0.5, 0.6) is 0 Å². The molecule has 208 valence electrons. The average molecular weight is 553 g/mol. The smallest absolute Gasteiger partial charge is 0.410 e. The molecule has 39 heavy (non-hydrogen) atoms. The lowest BCUT2D eigenvalue weighted by Crippen LogP contribution is -2.53. The number of hydrogen-bond acceptors (Lipinski definition) is 5. The molecular formula is C30H37ClN4O4. The van der Waals surface area contributed by atoms with Gasteiger partial charge in [0.25, 0.3) is 5.91 Å². The summed E-state index contributed by atoms with van der Waals surface area (Å²) in [5, 5.41) is 3.60. The second-order valence-electron chi connectivity index (χ2n) is 11.7. The molecular weight excluding hydrogens is 516 g/mol.